The van der Waals surface area contributed by atoms with E-state index >= 15 is 0 Å². The van der Waals surface area contributed by atoms with Crippen molar-refractivity contribution in [1.29, 1.82) is 0 Å². The second-order valence-electron chi connectivity index (χ2n) is 4.90. The van der Waals surface area contributed by atoms with E-state index in [9.17, 15) is 0 Å². The molecule has 0 bridgehead atoms. The van der Waals surface area contributed by atoms with Gasteiger partial charge in [-0.2, -0.15) is 0 Å². The molecule has 0 saturated heterocycles. The van der Waals surface area contributed by atoms with E-state index in [1.165, 1.54) is 12.8 Å². The second-order valence-corrected chi connectivity index (χ2v) is 4.90. The van der Waals surface area contributed by atoms with Crippen molar-refractivity contribution in [2.45, 2.75) is 45.4 Å². The third kappa shape index (κ3) is 2.08. The summed E-state index contributed by atoms with van der Waals surface area (Å²) in [6.45, 7) is 6.25. The molecule has 1 fully saturated rings. The van der Waals surface area contributed by atoms with Crippen molar-refractivity contribution < 1.29 is 4.42 Å². The van der Waals surface area contributed by atoms with Gasteiger partial charge in [0.25, 0.3) is 0 Å². The number of hydrogen-bond acceptors (Lipinski definition) is 3. The van der Waals surface area contributed by atoms with E-state index in [0.717, 1.165) is 24.1 Å². The van der Waals surface area contributed by atoms with Gasteiger partial charge in [0.2, 0.25) is 11.8 Å². The van der Waals surface area contributed by atoms with Gasteiger partial charge in [-0.15, -0.1) is 10.2 Å². The molecular weight excluding hydrogens is 164 g/mol. The van der Waals surface area contributed by atoms with Crippen molar-refractivity contribution in [3.8, 4) is 0 Å². The van der Waals surface area contributed by atoms with Crippen LogP contribution < -0.4 is 0 Å². The summed E-state index contributed by atoms with van der Waals surface area (Å²) in [5.41, 5.74) is -0.0190. The molecule has 0 atom stereocenters. The lowest BCUT2D eigenvalue weighted by Crippen LogP contribution is -2.11. The highest BCUT2D eigenvalue weighted by Gasteiger charge is 2.26. The first-order valence-corrected chi connectivity index (χ1v) is 4.88. The molecule has 0 amide bonds. The van der Waals surface area contributed by atoms with Gasteiger partial charge in [-0.25, -0.2) is 0 Å². The molecule has 1 aliphatic rings. The highest BCUT2D eigenvalue weighted by atomic mass is 16.4. The van der Waals surface area contributed by atoms with Crippen LogP contribution in [0.15, 0.2) is 4.42 Å². The zero-order valence-corrected chi connectivity index (χ0v) is 8.50. The van der Waals surface area contributed by atoms with Crippen LogP contribution in [0, 0.1) is 5.92 Å². The zero-order valence-electron chi connectivity index (χ0n) is 8.50. The second kappa shape index (κ2) is 2.82. The predicted octanol–water partition coefficient (Wildman–Crippen LogP) is 2.32. The monoisotopic (exact) mass is 180 g/mol. The average molecular weight is 180 g/mol. The third-order valence-corrected chi connectivity index (χ3v) is 2.27. The van der Waals surface area contributed by atoms with Crippen molar-refractivity contribution in [2.24, 2.45) is 5.92 Å². The molecule has 0 spiro atoms. The van der Waals surface area contributed by atoms with Crippen molar-refractivity contribution in [2.75, 3.05) is 0 Å². The molecule has 0 N–H and O–H groups in total. The Morgan fingerprint density at radius 3 is 2.46 bits per heavy atom. The number of rotatable bonds is 2. The topological polar surface area (TPSA) is 38.9 Å². The highest BCUT2D eigenvalue weighted by Crippen LogP contribution is 2.32. The van der Waals surface area contributed by atoms with Crippen LogP contribution in [-0.2, 0) is 11.8 Å². The van der Waals surface area contributed by atoms with Crippen molar-refractivity contribution in [1.82, 2.24) is 10.2 Å². The molecule has 3 nitrogen and oxygen atoms in total. The smallest absolute Gasteiger partial charge is 0.221 e. The van der Waals surface area contributed by atoms with Crippen LogP contribution in [-0.4, -0.2) is 10.2 Å². The number of nitrogens with zero attached hydrogens (tertiary/aromatic N) is 2. The van der Waals surface area contributed by atoms with E-state index < -0.39 is 0 Å². The molecule has 72 valence electrons. The highest BCUT2D eigenvalue weighted by molar-refractivity contribution is 4.97. The average Bonchev–Trinajstić information content (AvgIpc) is 2.63. The number of aromatic nitrogens is 2. The fourth-order valence-corrected chi connectivity index (χ4v) is 1.21. The minimum Gasteiger partial charge on any atom is -0.425 e. The zero-order chi connectivity index (χ0) is 9.47. The molecule has 1 aromatic rings. The summed E-state index contributed by atoms with van der Waals surface area (Å²) >= 11 is 0. The van der Waals surface area contributed by atoms with E-state index in [1.807, 2.05) is 0 Å². The summed E-state index contributed by atoms with van der Waals surface area (Å²) in [5.74, 6) is 2.38. The standard InChI is InChI=1S/C10H16N2O/c1-10(2,3)9-12-11-8(13-9)6-7-4-5-7/h7H,4-6H2,1-3H3. The molecule has 2 rings (SSSR count). The lowest BCUT2D eigenvalue weighted by Gasteiger charge is -2.10. The maximum absolute atomic E-state index is 5.58. The van der Waals surface area contributed by atoms with Gasteiger partial charge in [0.15, 0.2) is 0 Å². The van der Waals surface area contributed by atoms with E-state index in [4.69, 9.17) is 4.42 Å². The van der Waals surface area contributed by atoms with Crippen molar-refractivity contribution in [3.63, 3.8) is 0 Å². The van der Waals surface area contributed by atoms with Crippen molar-refractivity contribution >= 4 is 0 Å². The van der Waals surface area contributed by atoms with Crippen LogP contribution in [0.25, 0.3) is 0 Å². The Balaban J connectivity index is 2.08. The van der Waals surface area contributed by atoms with Crippen LogP contribution in [0.3, 0.4) is 0 Å². The van der Waals surface area contributed by atoms with Crippen LogP contribution in [0.4, 0.5) is 0 Å². The maximum atomic E-state index is 5.58. The van der Waals surface area contributed by atoms with E-state index in [2.05, 4.69) is 31.0 Å². The fourth-order valence-electron chi connectivity index (χ4n) is 1.21. The Labute approximate surface area is 78.5 Å². The molecule has 1 aliphatic carbocycles. The Bertz CT molecular complexity index is 294. The van der Waals surface area contributed by atoms with Crippen molar-refractivity contribution in [3.05, 3.63) is 11.8 Å². The molecule has 0 radical (unpaired) electrons. The normalized spacial score (nSPS) is 17.8. The lowest BCUT2D eigenvalue weighted by molar-refractivity contribution is 0.368. The Morgan fingerprint density at radius 2 is 2.00 bits per heavy atom. The molecule has 13 heavy (non-hydrogen) atoms. The summed E-state index contributed by atoms with van der Waals surface area (Å²) in [7, 11) is 0. The molecular formula is C10H16N2O. The summed E-state index contributed by atoms with van der Waals surface area (Å²) in [4.78, 5) is 0. The van der Waals surface area contributed by atoms with Crippen LogP contribution >= 0.6 is 0 Å². The minimum absolute atomic E-state index is 0.0190. The Morgan fingerprint density at radius 1 is 1.31 bits per heavy atom. The van der Waals surface area contributed by atoms with E-state index in [1.54, 1.807) is 0 Å². The largest absolute Gasteiger partial charge is 0.425 e. The van der Waals surface area contributed by atoms with E-state index in [-0.39, 0.29) is 5.41 Å². The number of hydrogen-bond donors (Lipinski definition) is 0. The van der Waals surface area contributed by atoms with Gasteiger partial charge in [-0.3, -0.25) is 0 Å². The molecule has 1 heterocycles. The molecule has 0 aromatic carbocycles. The Hall–Kier alpha value is -0.860. The maximum Gasteiger partial charge on any atom is 0.221 e. The van der Waals surface area contributed by atoms with Gasteiger partial charge in [-0.05, 0) is 18.8 Å². The minimum atomic E-state index is -0.0190. The molecule has 1 saturated carbocycles. The molecule has 3 heteroatoms. The van der Waals surface area contributed by atoms with Gasteiger partial charge >= 0.3 is 0 Å². The van der Waals surface area contributed by atoms with E-state index in [0.29, 0.717) is 0 Å². The van der Waals surface area contributed by atoms with Gasteiger partial charge in [-0.1, -0.05) is 20.8 Å². The molecule has 0 unspecified atom stereocenters. The third-order valence-electron chi connectivity index (χ3n) is 2.27. The SMILES string of the molecule is CC(C)(C)c1nnc(CC2CC2)o1. The lowest BCUT2D eigenvalue weighted by atomic mass is 9.97. The quantitative estimate of drug-likeness (QED) is 0.701. The molecule has 0 aliphatic heterocycles. The summed E-state index contributed by atoms with van der Waals surface area (Å²) in [6.07, 6.45) is 3.63. The molecule has 1 aromatic heterocycles. The first kappa shape index (κ1) is 8.73. The van der Waals surface area contributed by atoms with Crippen LogP contribution in [0.5, 0.6) is 0 Å². The fraction of sp³-hybridized carbons (Fsp3) is 0.800. The summed E-state index contributed by atoms with van der Waals surface area (Å²) < 4.78 is 5.58. The van der Waals surface area contributed by atoms with Gasteiger partial charge in [0.05, 0.1) is 0 Å². The van der Waals surface area contributed by atoms with Gasteiger partial charge in [0.1, 0.15) is 0 Å². The summed E-state index contributed by atoms with van der Waals surface area (Å²) in [6, 6.07) is 0. The first-order valence-electron chi connectivity index (χ1n) is 4.88. The predicted molar refractivity (Wildman–Crippen MR) is 49.4 cm³/mol. The van der Waals surface area contributed by atoms with Crippen LogP contribution in [0.1, 0.15) is 45.4 Å². The Kier molecular flexibility index (Phi) is 1.90. The first-order chi connectivity index (χ1) is 6.05. The van der Waals surface area contributed by atoms with Crippen LogP contribution in [0.2, 0.25) is 0 Å². The van der Waals surface area contributed by atoms with Gasteiger partial charge < -0.3 is 4.42 Å². The summed E-state index contributed by atoms with van der Waals surface area (Å²) in [5, 5.41) is 8.10. The van der Waals surface area contributed by atoms with Gasteiger partial charge in [0, 0.05) is 11.8 Å².